The Morgan fingerprint density at radius 1 is 1.27 bits per heavy atom. The van der Waals surface area contributed by atoms with E-state index >= 15 is 0 Å². The third kappa shape index (κ3) is 2.63. The predicted octanol–water partition coefficient (Wildman–Crippen LogP) is 3.87. The molecule has 0 N–H and O–H groups in total. The van der Waals surface area contributed by atoms with Crippen molar-refractivity contribution in [2.75, 3.05) is 5.88 Å². The minimum atomic E-state index is 0.615. The van der Waals surface area contributed by atoms with E-state index in [2.05, 4.69) is 20.9 Å². The van der Waals surface area contributed by atoms with Gasteiger partial charge in [0.2, 0.25) is 0 Å². The number of halogens is 2. The summed E-state index contributed by atoms with van der Waals surface area (Å²) in [6.45, 7) is 0. The molecule has 0 spiro atoms. The van der Waals surface area contributed by atoms with Crippen LogP contribution in [0.25, 0.3) is 11.5 Å². The summed E-state index contributed by atoms with van der Waals surface area (Å²) in [5.74, 6) is 2.62. The Morgan fingerprint density at radius 2 is 2.13 bits per heavy atom. The van der Waals surface area contributed by atoms with Crippen molar-refractivity contribution in [3.8, 4) is 11.5 Å². The fourth-order valence-electron chi connectivity index (χ4n) is 1.20. The molecule has 80 valence electrons. The summed E-state index contributed by atoms with van der Waals surface area (Å²) in [6, 6.07) is 3.65. The number of oxazole rings is 1. The fraction of sp³-hybridized carbons (Fsp3) is 0.300. The van der Waals surface area contributed by atoms with Gasteiger partial charge in [-0.25, -0.2) is 4.98 Å². The highest BCUT2D eigenvalue weighted by molar-refractivity contribution is 9.10. The van der Waals surface area contributed by atoms with Gasteiger partial charge < -0.3 is 8.83 Å². The van der Waals surface area contributed by atoms with Gasteiger partial charge in [-0.3, -0.25) is 0 Å². The van der Waals surface area contributed by atoms with Crippen LogP contribution in [0.15, 0.2) is 31.8 Å². The van der Waals surface area contributed by atoms with Gasteiger partial charge in [0.05, 0.1) is 6.20 Å². The number of nitrogens with zero attached hydrogens (tertiary/aromatic N) is 1. The smallest absolute Gasteiger partial charge is 0.195 e. The summed E-state index contributed by atoms with van der Waals surface area (Å²) in [5, 5.41) is 0. The maximum Gasteiger partial charge on any atom is 0.195 e. The molecule has 2 rings (SSSR count). The van der Waals surface area contributed by atoms with Gasteiger partial charge in [-0.1, -0.05) is 0 Å². The molecule has 3 nitrogen and oxygen atoms in total. The lowest BCUT2D eigenvalue weighted by molar-refractivity contribution is 0.474. The molecular weight excluding hydrogens is 281 g/mol. The highest BCUT2D eigenvalue weighted by atomic mass is 79.9. The third-order valence-corrected chi connectivity index (χ3v) is 2.59. The van der Waals surface area contributed by atoms with E-state index in [0.29, 0.717) is 28.0 Å². The molecule has 15 heavy (non-hydrogen) atoms. The second-order valence-electron chi connectivity index (χ2n) is 3.01. The number of alkyl halides is 1. The van der Waals surface area contributed by atoms with E-state index in [9.17, 15) is 0 Å². The van der Waals surface area contributed by atoms with Gasteiger partial charge in [-0.05, 0) is 34.5 Å². The minimum absolute atomic E-state index is 0.615. The van der Waals surface area contributed by atoms with Crippen molar-refractivity contribution in [3.05, 3.63) is 28.9 Å². The molecule has 0 aliphatic heterocycles. The molecule has 0 saturated heterocycles. The van der Waals surface area contributed by atoms with Crippen LogP contribution in [0.2, 0.25) is 0 Å². The molecule has 2 aromatic rings. The van der Waals surface area contributed by atoms with E-state index < -0.39 is 0 Å². The topological polar surface area (TPSA) is 39.2 Å². The summed E-state index contributed by atoms with van der Waals surface area (Å²) < 4.78 is 11.5. The van der Waals surface area contributed by atoms with Crippen LogP contribution in [0.5, 0.6) is 0 Å². The highest BCUT2D eigenvalue weighted by Gasteiger charge is 2.09. The van der Waals surface area contributed by atoms with Crippen LogP contribution in [0.4, 0.5) is 0 Å². The zero-order chi connectivity index (χ0) is 10.7. The van der Waals surface area contributed by atoms with Gasteiger partial charge in [-0.15, -0.1) is 11.6 Å². The summed E-state index contributed by atoms with van der Waals surface area (Å²) in [4.78, 5) is 4.14. The molecule has 0 radical (unpaired) electrons. The largest absolute Gasteiger partial charge is 0.446 e. The molecular formula is C10H9BrClNO2. The molecule has 2 heterocycles. The lowest BCUT2D eigenvalue weighted by Gasteiger charge is -1.91. The summed E-state index contributed by atoms with van der Waals surface area (Å²) in [6.07, 6.45) is 3.28. The molecule has 2 aromatic heterocycles. The highest BCUT2D eigenvalue weighted by Crippen LogP contribution is 2.25. The van der Waals surface area contributed by atoms with Crippen molar-refractivity contribution in [3.63, 3.8) is 0 Å². The van der Waals surface area contributed by atoms with Gasteiger partial charge in [0.25, 0.3) is 0 Å². The van der Waals surface area contributed by atoms with Crippen LogP contribution in [0, 0.1) is 0 Å². The molecule has 5 heteroatoms. The first-order chi connectivity index (χ1) is 7.29. The fourth-order valence-corrected chi connectivity index (χ4v) is 1.64. The number of rotatable bonds is 4. The zero-order valence-electron chi connectivity index (χ0n) is 7.87. The Kier molecular flexibility index (Phi) is 3.49. The van der Waals surface area contributed by atoms with E-state index in [1.165, 1.54) is 0 Å². The SMILES string of the molecule is ClCCCc1ncc(-c2ccc(Br)o2)o1. The number of aryl methyl sites for hydroxylation is 1. The molecule has 0 unspecified atom stereocenters. The van der Waals surface area contributed by atoms with Crippen LogP contribution < -0.4 is 0 Å². The maximum absolute atomic E-state index is 5.58. The molecule has 0 aliphatic rings. The van der Waals surface area contributed by atoms with Crippen LogP contribution in [0.1, 0.15) is 12.3 Å². The van der Waals surface area contributed by atoms with Crippen LogP contribution in [-0.4, -0.2) is 10.9 Å². The predicted molar refractivity (Wildman–Crippen MR) is 60.9 cm³/mol. The van der Waals surface area contributed by atoms with Crippen molar-refractivity contribution < 1.29 is 8.83 Å². The van der Waals surface area contributed by atoms with Gasteiger partial charge >= 0.3 is 0 Å². The van der Waals surface area contributed by atoms with Crippen molar-refractivity contribution in [1.29, 1.82) is 0 Å². The molecule has 0 aliphatic carbocycles. The van der Waals surface area contributed by atoms with E-state index in [1.807, 2.05) is 12.1 Å². The number of hydrogen-bond acceptors (Lipinski definition) is 3. The van der Waals surface area contributed by atoms with E-state index in [-0.39, 0.29) is 0 Å². The Hall–Kier alpha value is -0.740. The normalized spacial score (nSPS) is 10.8. The van der Waals surface area contributed by atoms with Crippen molar-refractivity contribution in [2.24, 2.45) is 0 Å². The van der Waals surface area contributed by atoms with E-state index in [1.54, 1.807) is 6.20 Å². The first kappa shape index (κ1) is 10.8. The van der Waals surface area contributed by atoms with Crippen LogP contribution in [-0.2, 0) is 6.42 Å². The molecule has 0 fully saturated rings. The van der Waals surface area contributed by atoms with Crippen LogP contribution in [0.3, 0.4) is 0 Å². The average Bonchev–Trinajstić information content (AvgIpc) is 2.83. The standard InChI is InChI=1S/C10H9BrClNO2/c11-9-4-3-7(14-9)8-6-13-10(15-8)2-1-5-12/h3-4,6H,1-2,5H2. The Balaban J connectivity index is 2.13. The van der Waals surface area contributed by atoms with E-state index in [0.717, 1.165) is 12.8 Å². The molecule has 0 aromatic carbocycles. The molecule has 0 atom stereocenters. The van der Waals surface area contributed by atoms with Gasteiger partial charge in [-0.2, -0.15) is 0 Å². The Labute approximate surface area is 101 Å². The third-order valence-electron chi connectivity index (χ3n) is 1.89. The Bertz CT molecular complexity index is 438. The Morgan fingerprint density at radius 3 is 2.80 bits per heavy atom. The summed E-state index contributed by atoms with van der Waals surface area (Å²) in [5.41, 5.74) is 0. The van der Waals surface area contributed by atoms with Gasteiger partial charge in [0.15, 0.2) is 22.1 Å². The van der Waals surface area contributed by atoms with Gasteiger partial charge in [0, 0.05) is 12.3 Å². The number of hydrogen-bond donors (Lipinski definition) is 0. The number of furan rings is 1. The van der Waals surface area contributed by atoms with Crippen LogP contribution >= 0.6 is 27.5 Å². The second kappa shape index (κ2) is 4.86. The van der Waals surface area contributed by atoms with Crippen molar-refractivity contribution in [2.45, 2.75) is 12.8 Å². The first-order valence-corrected chi connectivity index (χ1v) is 5.88. The molecule has 0 bridgehead atoms. The van der Waals surface area contributed by atoms with E-state index in [4.69, 9.17) is 20.4 Å². The monoisotopic (exact) mass is 289 g/mol. The van der Waals surface area contributed by atoms with Gasteiger partial charge in [0.1, 0.15) is 0 Å². The quantitative estimate of drug-likeness (QED) is 0.802. The average molecular weight is 291 g/mol. The lowest BCUT2D eigenvalue weighted by Crippen LogP contribution is -1.84. The second-order valence-corrected chi connectivity index (χ2v) is 4.17. The minimum Gasteiger partial charge on any atom is -0.446 e. The number of aromatic nitrogens is 1. The molecule has 0 amide bonds. The summed E-state index contributed by atoms with van der Waals surface area (Å²) >= 11 is 8.82. The zero-order valence-corrected chi connectivity index (χ0v) is 10.2. The first-order valence-electron chi connectivity index (χ1n) is 4.56. The van der Waals surface area contributed by atoms with Crippen molar-refractivity contribution >= 4 is 27.5 Å². The van der Waals surface area contributed by atoms with Crippen molar-refractivity contribution in [1.82, 2.24) is 4.98 Å². The summed E-state index contributed by atoms with van der Waals surface area (Å²) in [7, 11) is 0. The molecule has 0 saturated carbocycles. The maximum atomic E-state index is 5.58. The lowest BCUT2D eigenvalue weighted by atomic mass is 10.3.